The zero-order valence-corrected chi connectivity index (χ0v) is 17.8. The summed E-state index contributed by atoms with van der Waals surface area (Å²) in [6.45, 7) is 2.79. The van der Waals surface area contributed by atoms with Gasteiger partial charge in [-0.2, -0.15) is 0 Å². The average molecular weight is 458 g/mol. The number of hydrogen-bond donors (Lipinski definition) is 1. The summed E-state index contributed by atoms with van der Waals surface area (Å²) < 4.78 is 5.36. The van der Waals surface area contributed by atoms with Crippen molar-refractivity contribution in [2.75, 3.05) is 23.3 Å². The molecule has 0 radical (unpaired) electrons. The van der Waals surface area contributed by atoms with Crippen LogP contribution in [0.25, 0.3) is 0 Å². The molecule has 7 nitrogen and oxygen atoms in total. The number of hydrogen-bond acceptors (Lipinski definition) is 6. The number of esters is 1. The number of benzene rings is 1. The number of amides is 1. The van der Waals surface area contributed by atoms with Crippen LogP contribution in [0.3, 0.4) is 0 Å². The highest BCUT2D eigenvalue weighted by molar-refractivity contribution is 6.44. The molecule has 3 rings (SSSR count). The van der Waals surface area contributed by atoms with E-state index in [2.05, 4.69) is 15.3 Å². The van der Waals surface area contributed by atoms with Crippen LogP contribution in [0, 0.1) is 5.92 Å². The number of nitrogens with zero attached hydrogens (tertiary/aromatic N) is 3. The summed E-state index contributed by atoms with van der Waals surface area (Å²) in [6, 6.07) is 4.63. The number of rotatable bonds is 5. The lowest BCUT2D eigenvalue weighted by Crippen LogP contribution is -2.39. The second kappa shape index (κ2) is 9.61. The smallest absolute Gasteiger partial charge is 0.309 e. The minimum absolute atomic E-state index is 0.238. The third kappa shape index (κ3) is 5.50. The van der Waals surface area contributed by atoms with Crippen LogP contribution >= 0.6 is 34.8 Å². The molecule has 154 valence electrons. The molecule has 1 N–H and O–H groups in total. The van der Waals surface area contributed by atoms with Crippen LogP contribution in [0.4, 0.5) is 11.6 Å². The molecule has 1 aliphatic heterocycles. The maximum atomic E-state index is 12.5. The van der Waals surface area contributed by atoms with E-state index in [-0.39, 0.29) is 21.0 Å². The Morgan fingerprint density at radius 3 is 2.38 bits per heavy atom. The maximum absolute atomic E-state index is 12.5. The van der Waals surface area contributed by atoms with Crippen molar-refractivity contribution >= 4 is 58.3 Å². The highest BCUT2D eigenvalue weighted by Gasteiger charge is 2.29. The Bertz CT molecular complexity index is 890. The van der Waals surface area contributed by atoms with E-state index < -0.39 is 18.0 Å². The molecule has 29 heavy (non-hydrogen) atoms. The number of nitrogens with one attached hydrogen (secondary N) is 1. The van der Waals surface area contributed by atoms with Crippen molar-refractivity contribution in [2.45, 2.75) is 25.9 Å². The average Bonchev–Trinajstić information content (AvgIpc) is 2.72. The molecule has 2 heterocycles. The van der Waals surface area contributed by atoms with Crippen LogP contribution in [0.5, 0.6) is 0 Å². The number of carbonyl (C=O) groups is 2. The van der Waals surface area contributed by atoms with Crippen molar-refractivity contribution in [3.63, 3.8) is 0 Å². The van der Waals surface area contributed by atoms with Gasteiger partial charge in [0.2, 0.25) is 5.95 Å². The molecular formula is C19H19Cl3N4O3. The number of aromatic nitrogens is 2. The molecule has 0 saturated carbocycles. The summed E-state index contributed by atoms with van der Waals surface area (Å²) >= 11 is 17.9. The van der Waals surface area contributed by atoms with Crippen molar-refractivity contribution in [3.05, 3.63) is 45.7 Å². The van der Waals surface area contributed by atoms with Crippen molar-refractivity contribution in [1.82, 2.24) is 9.97 Å². The van der Waals surface area contributed by atoms with E-state index in [9.17, 15) is 9.59 Å². The van der Waals surface area contributed by atoms with Crippen LogP contribution < -0.4 is 10.2 Å². The Morgan fingerprint density at radius 2 is 1.72 bits per heavy atom. The van der Waals surface area contributed by atoms with Gasteiger partial charge in [-0.15, -0.1) is 0 Å². The monoisotopic (exact) mass is 456 g/mol. The third-order valence-corrected chi connectivity index (χ3v) is 5.63. The number of halogens is 3. The van der Waals surface area contributed by atoms with Gasteiger partial charge in [0.1, 0.15) is 0 Å². The van der Waals surface area contributed by atoms with E-state index >= 15 is 0 Å². The van der Waals surface area contributed by atoms with E-state index in [1.165, 1.54) is 19.1 Å². The summed E-state index contributed by atoms with van der Waals surface area (Å²) in [5.74, 6) is -0.542. The fourth-order valence-electron chi connectivity index (χ4n) is 2.95. The fraction of sp³-hybridized carbons (Fsp3) is 0.368. The fourth-order valence-corrected chi connectivity index (χ4v) is 3.54. The summed E-state index contributed by atoms with van der Waals surface area (Å²) in [6.07, 6.45) is 3.59. The molecule has 1 aliphatic rings. The quantitative estimate of drug-likeness (QED) is 0.534. The van der Waals surface area contributed by atoms with Gasteiger partial charge in [0.05, 0.1) is 26.7 Å². The molecule has 1 amide bonds. The summed E-state index contributed by atoms with van der Waals surface area (Å²) in [7, 11) is 0. The molecule has 1 aromatic heterocycles. The predicted molar refractivity (Wildman–Crippen MR) is 113 cm³/mol. The van der Waals surface area contributed by atoms with E-state index in [4.69, 9.17) is 39.5 Å². The summed E-state index contributed by atoms with van der Waals surface area (Å²) in [5.41, 5.74) is 0.296. The lowest BCUT2D eigenvalue weighted by Gasteiger charge is -2.31. The normalized spacial score (nSPS) is 15.7. The van der Waals surface area contributed by atoms with E-state index in [1.54, 1.807) is 18.5 Å². The molecule has 0 spiro atoms. The van der Waals surface area contributed by atoms with Gasteiger partial charge in [0, 0.05) is 25.5 Å². The molecule has 10 heteroatoms. The minimum Gasteiger partial charge on any atom is -0.452 e. The molecule has 0 aliphatic carbocycles. The van der Waals surface area contributed by atoms with Gasteiger partial charge in [-0.3, -0.25) is 9.59 Å². The second-order valence-corrected chi connectivity index (χ2v) is 7.85. The number of carbonyl (C=O) groups excluding carboxylic acids is 2. The first-order valence-corrected chi connectivity index (χ1v) is 10.2. The Hall–Kier alpha value is -2.09. The van der Waals surface area contributed by atoms with Crippen LogP contribution in [0.2, 0.25) is 15.1 Å². The van der Waals surface area contributed by atoms with Gasteiger partial charge >= 0.3 is 5.97 Å². The second-order valence-electron chi connectivity index (χ2n) is 6.62. The number of ether oxygens (including phenoxy) is 1. The lowest BCUT2D eigenvalue weighted by atomic mass is 9.97. The summed E-state index contributed by atoms with van der Waals surface area (Å²) in [5, 5.41) is 3.37. The van der Waals surface area contributed by atoms with Crippen molar-refractivity contribution in [2.24, 2.45) is 5.92 Å². The van der Waals surface area contributed by atoms with Crippen LogP contribution in [-0.2, 0) is 14.3 Å². The van der Waals surface area contributed by atoms with Gasteiger partial charge < -0.3 is 15.0 Å². The zero-order chi connectivity index (χ0) is 21.0. The van der Waals surface area contributed by atoms with E-state index in [0.29, 0.717) is 37.6 Å². The van der Waals surface area contributed by atoms with Crippen molar-refractivity contribution in [3.8, 4) is 0 Å². The third-order valence-electron chi connectivity index (χ3n) is 4.59. The molecule has 1 fully saturated rings. The topological polar surface area (TPSA) is 84.4 Å². The molecule has 1 atom stereocenters. The number of piperidine rings is 1. The molecule has 2 aromatic rings. The first-order chi connectivity index (χ1) is 13.8. The predicted octanol–water partition coefficient (Wildman–Crippen LogP) is 4.22. The zero-order valence-electron chi connectivity index (χ0n) is 15.6. The Morgan fingerprint density at radius 1 is 1.10 bits per heavy atom. The highest BCUT2D eigenvalue weighted by Crippen LogP contribution is 2.32. The van der Waals surface area contributed by atoms with Crippen LogP contribution in [0.1, 0.15) is 19.8 Å². The standard InChI is InChI=1S/C19H19Cl3N4O3/c1-11(17(27)25-16-10-14(21)13(20)9-15(16)22)29-18(28)12-3-7-26(8-4-12)19-23-5-2-6-24-19/h2,5-6,9-12H,3-4,7-8H2,1H3,(H,25,27). The largest absolute Gasteiger partial charge is 0.452 e. The van der Waals surface area contributed by atoms with Gasteiger partial charge in [-0.25, -0.2) is 9.97 Å². The van der Waals surface area contributed by atoms with E-state index in [1.807, 2.05) is 4.90 Å². The first kappa shape index (κ1) is 21.6. The van der Waals surface area contributed by atoms with Crippen molar-refractivity contribution < 1.29 is 14.3 Å². The van der Waals surface area contributed by atoms with Gasteiger partial charge in [-0.1, -0.05) is 34.8 Å². The Kier molecular flexibility index (Phi) is 7.16. The van der Waals surface area contributed by atoms with Crippen LogP contribution in [-0.4, -0.2) is 41.0 Å². The van der Waals surface area contributed by atoms with Gasteiger partial charge in [-0.05, 0) is 38.0 Å². The van der Waals surface area contributed by atoms with Gasteiger partial charge in [0.25, 0.3) is 5.91 Å². The minimum atomic E-state index is -0.983. The van der Waals surface area contributed by atoms with Crippen LogP contribution in [0.15, 0.2) is 30.6 Å². The lowest BCUT2D eigenvalue weighted by molar-refractivity contribution is -0.157. The van der Waals surface area contributed by atoms with Gasteiger partial charge in [0.15, 0.2) is 6.10 Å². The molecule has 1 aromatic carbocycles. The molecule has 1 saturated heterocycles. The maximum Gasteiger partial charge on any atom is 0.309 e. The molecular weight excluding hydrogens is 439 g/mol. The number of anilines is 2. The molecule has 1 unspecified atom stereocenters. The highest BCUT2D eigenvalue weighted by atomic mass is 35.5. The summed E-state index contributed by atoms with van der Waals surface area (Å²) in [4.78, 5) is 35.3. The first-order valence-electron chi connectivity index (χ1n) is 9.03. The Balaban J connectivity index is 1.51. The Labute approximate surface area is 183 Å². The SMILES string of the molecule is CC(OC(=O)C1CCN(c2ncccn2)CC1)C(=O)Nc1cc(Cl)c(Cl)cc1Cl. The molecule has 0 bridgehead atoms. The van der Waals surface area contributed by atoms with Crippen molar-refractivity contribution in [1.29, 1.82) is 0 Å². The van der Waals surface area contributed by atoms with E-state index in [0.717, 1.165) is 0 Å².